The summed E-state index contributed by atoms with van der Waals surface area (Å²) in [4.78, 5) is 16.0. The Balaban J connectivity index is 1.65. The molecule has 1 aromatic heterocycles. The number of carbonyl (C=O) groups excluding carboxylic acids is 1. The number of hydrogen-bond donors (Lipinski definition) is 2. The average Bonchev–Trinajstić information content (AvgIpc) is 2.91. The third kappa shape index (κ3) is 2.15. The number of fused-ring (bicyclic) bond motifs is 2. The van der Waals surface area contributed by atoms with Crippen LogP contribution in [0, 0.1) is 5.92 Å². The van der Waals surface area contributed by atoms with Gasteiger partial charge < -0.3 is 10.6 Å². The van der Waals surface area contributed by atoms with Gasteiger partial charge in [0.2, 0.25) is 0 Å². The normalized spacial score (nSPS) is 30.5. The molecule has 4 nitrogen and oxygen atoms in total. The van der Waals surface area contributed by atoms with Crippen LogP contribution in [-0.2, 0) is 0 Å². The summed E-state index contributed by atoms with van der Waals surface area (Å²) in [6, 6.07) is 4.23. The van der Waals surface area contributed by atoms with Gasteiger partial charge in [-0.2, -0.15) is 0 Å². The molecule has 0 aromatic carbocycles. The van der Waals surface area contributed by atoms with Crippen molar-refractivity contribution in [2.24, 2.45) is 5.92 Å². The molecule has 3 unspecified atom stereocenters. The summed E-state index contributed by atoms with van der Waals surface area (Å²) in [7, 11) is 0. The molecule has 1 saturated carbocycles. The lowest BCUT2D eigenvalue weighted by Gasteiger charge is -2.23. The van der Waals surface area contributed by atoms with Crippen molar-refractivity contribution < 1.29 is 4.79 Å². The van der Waals surface area contributed by atoms with Crippen molar-refractivity contribution in [2.75, 3.05) is 6.54 Å². The smallest absolute Gasteiger partial charge is 0.270 e. The van der Waals surface area contributed by atoms with Crippen LogP contribution in [0.5, 0.6) is 0 Å². The summed E-state index contributed by atoms with van der Waals surface area (Å²) in [5, 5.41) is 7.03. The van der Waals surface area contributed by atoms with Crippen molar-refractivity contribution in [3.63, 3.8) is 0 Å². The number of aromatic nitrogens is 1. The lowest BCUT2D eigenvalue weighted by atomic mass is 10.0. The fraction of sp³-hybridized carbons (Fsp3) is 0.500. The maximum atomic E-state index is 12.0. The molecule has 2 heterocycles. The minimum atomic E-state index is -0.0979. The van der Waals surface area contributed by atoms with Gasteiger partial charge in [-0.1, -0.05) is 11.6 Å². The Bertz CT molecular complexity index is 434. The van der Waals surface area contributed by atoms with Crippen molar-refractivity contribution in [1.82, 2.24) is 15.6 Å². The van der Waals surface area contributed by atoms with Crippen molar-refractivity contribution in [3.05, 3.63) is 29.0 Å². The Morgan fingerprint density at radius 3 is 2.94 bits per heavy atom. The predicted molar refractivity (Wildman–Crippen MR) is 65.0 cm³/mol. The highest BCUT2D eigenvalue weighted by Crippen LogP contribution is 2.31. The molecule has 1 aliphatic heterocycles. The number of halogens is 1. The van der Waals surface area contributed by atoms with Gasteiger partial charge in [-0.3, -0.25) is 4.79 Å². The SMILES string of the molecule is O=C(NC1CC2CC1CN2)c1ccc(Cl)cn1. The van der Waals surface area contributed by atoms with Gasteiger partial charge in [0, 0.05) is 24.8 Å². The van der Waals surface area contributed by atoms with Gasteiger partial charge in [-0.25, -0.2) is 4.98 Å². The first-order valence-electron chi connectivity index (χ1n) is 5.88. The van der Waals surface area contributed by atoms with E-state index in [1.54, 1.807) is 12.1 Å². The summed E-state index contributed by atoms with van der Waals surface area (Å²) >= 11 is 5.74. The van der Waals surface area contributed by atoms with Crippen LogP contribution in [0.2, 0.25) is 5.02 Å². The molecule has 2 N–H and O–H groups in total. The first-order chi connectivity index (χ1) is 8.22. The van der Waals surface area contributed by atoms with Crippen LogP contribution in [0.1, 0.15) is 23.3 Å². The molecular formula is C12H14ClN3O. The van der Waals surface area contributed by atoms with Crippen molar-refractivity contribution in [1.29, 1.82) is 0 Å². The van der Waals surface area contributed by atoms with Crippen LogP contribution in [0.25, 0.3) is 0 Å². The van der Waals surface area contributed by atoms with Gasteiger partial charge in [-0.15, -0.1) is 0 Å². The molecule has 0 radical (unpaired) electrons. The molecule has 1 aromatic rings. The van der Waals surface area contributed by atoms with E-state index in [2.05, 4.69) is 15.6 Å². The average molecular weight is 252 g/mol. The molecule has 2 fully saturated rings. The van der Waals surface area contributed by atoms with Crippen molar-refractivity contribution in [2.45, 2.75) is 24.9 Å². The monoisotopic (exact) mass is 251 g/mol. The molecule has 1 saturated heterocycles. The number of amides is 1. The molecule has 5 heteroatoms. The Morgan fingerprint density at radius 2 is 2.35 bits per heavy atom. The Labute approximate surface area is 105 Å². The number of rotatable bonds is 2. The summed E-state index contributed by atoms with van der Waals surface area (Å²) in [5.74, 6) is 0.482. The van der Waals surface area contributed by atoms with Gasteiger partial charge >= 0.3 is 0 Å². The number of piperidine rings is 1. The highest BCUT2D eigenvalue weighted by atomic mass is 35.5. The third-order valence-corrected chi connectivity index (χ3v) is 3.86. The first kappa shape index (κ1) is 11.0. The summed E-state index contributed by atoms with van der Waals surface area (Å²) in [6.45, 7) is 1.02. The number of nitrogens with one attached hydrogen (secondary N) is 2. The Hall–Kier alpha value is -1.13. The molecule has 3 rings (SSSR count). The molecule has 3 atom stereocenters. The van der Waals surface area contributed by atoms with Crippen LogP contribution in [0.4, 0.5) is 0 Å². The topological polar surface area (TPSA) is 54.0 Å². The van der Waals surface area contributed by atoms with Crippen LogP contribution in [-0.4, -0.2) is 29.5 Å². The van der Waals surface area contributed by atoms with Gasteiger partial charge in [-0.05, 0) is 30.9 Å². The highest BCUT2D eigenvalue weighted by molar-refractivity contribution is 6.30. The van der Waals surface area contributed by atoms with E-state index in [0.717, 1.165) is 13.0 Å². The summed E-state index contributed by atoms with van der Waals surface area (Å²) in [5.41, 5.74) is 0.435. The molecule has 17 heavy (non-hydrogen) atoms. The molecule has 90 valence electrons. The maximum absolute atomic E-state index is 12.0. The fourth-order valence-corrected chi connectivity index (χ4v) is 2.88. The van der Waals surface area contributed by atoms with E-state index in [9.17, 15) is 4.79 Å². The lowest BCUT2D eigenvalue weighted by Crippen LogP contribution is -2.44. The zero-order valence-electron chi connectivity index (χ0n) is 9.32. The number of carbonyl (C=O) groups is 1. The zero-order chi connectivity index (χ0) is 11.8. The molecule has 1 aliphatic carbocycles. The van der Waals surface area contributed by atoms with E-state index in [-0.39, 0.29) is 5.91 Å². The van der Waals surface area contributed by atoms with Crippen LogP contribution < -0.4 is 10.6 Å². The zero-order valence-corrected chi connectivity index (χ0v) is 10.1. The minimum absolute atomic E-state index is 0.0979. The van der Waals surface area contributed by atoms with E-state index < -0.39 is 0 Å². The molecule has 1 amide bonds. The molecule has 0 spiro atoms. The predicted octanol–water partition coefficient (Wildman–Crippen LogP) is 1.22. The van der Waals surface area contributed by atoms with Gasteiger partial charge in [0.15, 0.2) is 0 Å². The van der Waals surface area contributed by atoms with Crippen molar-refractivity contribution >= 4 is 17.5 Å². The summed E-state index contributed by atoms with van der Waals surface area (Å²) in [6.07, 6.45) is 3.71. The first-order valence-corrected chi connectivity index (χ1v) is 6.26. The van der Waals surface area contributed by atoms with E-state index >= 15 is 0 Å². The van der Waals surface area contributed by atoms with Crippen LogP contribution in [0.15, 0.2) is 18.3 Å². The maximum Gasteiger partial charge on any atom is 0.270 e. The van der Waals surface area contributed by atoms with Gasteiger partial charge in [0.25, 0.3) is 5.91 Å². The number of pyridine rings is 1. The molecule has 2 aliphatic rings. The third-order valence-electron chi connectivity index (χ3n) is 3.64. The van der Waals surface area contributed by atoms with Crippen molar-refractivity contribution in [3.8, 4) is 0 Å². The van der Waals surface area contributed by atoms with E-state index in [0.29, 0.717) is 28.7 Å². The van der Waals surface area contributed by atoms with E-state index in [4.69, 9.17) is 11.6 Å². The lowest BCUT2D eigenvalue weighted by molar-refractivity contribution is 0.0920. The quantitative estimate of drug-likeness (QED) is 0.831. The van der Waals surface area contributed by atoms with Gasteiger partial charge in [0.1, 0.15) is 5.69 Å². The minimum Gasteiger partial charge on any atom is -0.348 e. The van der Waals surface area contributed by atoms with Crippen LogP contribution >= 0.6 is 11.6 Å². The molecular weight excluding hydrogens is 238 g/mol. The molecule has 2 bridgehead atoms. The second-order valence-electron chi connectivity index (χ2n) is 4.78. The summed E-state index contributed by atoms with van der Waals surface area (Å²) < 4.78 is 0. The Morgan fingerprint density at radius 1 is 1.47 bits per heavy atom. The van der Waals surface area contributed by atoms with E-state index in [1.807, 2.05) is 0 Å². The highest BCUT2D eigenvalue weighted by Gasteiger charge is 2.40. The second-order valence-corrected chi connectivity index (χ2v) is 5.21. The largest absolute Gasteiger partial charge is 0.348 e. The number of hydrogen-bond acceptors (Lipinski definition) is 3. The Kier molecular flexibility index (Phi) is 2.76. The second kappa shape index (κ2) is 4.27. The van der Waals surface area contributed by atoms with Crippen LogP contribution in [0.3, 0.4) is 0 Å². The van der Waals surface area contributed by atoms with E-state index in [1.165, 1.54) is 12.6 Å². The fourth-order valence-electron chi connectivity index (χ4n) is 2.76. The number of nitrogens with zero attached hydrogens (tertiary/aromatic N) is 1. The van der Waals surface area contributed by atoms with Gasteiger partial charge in [0.05, 0.1) is 5.02 Å². The standard InChI is InChI=1S/C12H14ClN3O/c13-8-1-2-10(15-6-8)12(17)16-11-4-9-3-7(11)5-14-9/h1-2,6-7,9,11,14H,3-5H2,(H,16,17).